The summed E-state index contributed by atoms with van der Waals surface area (Å²) in [5.41, 5.74) is 0.897. The van der Waals surface area contributed by atoms with Gasteiger partial charge in [0, 0.05) is 12.1 Å². The topological polar surface area (TPSA) is 20.3 Å². The lowest BCUT2D eigenvalue weighted by Crippen LogP contribution is -2.30. The van der Waals surface area contributed by atoms with Gasteiger partial charge in [-0.25, -0.2) is 4.39 Å². The molecule has 0 radical (unpaired) electrons. The van der Waals surface area contributed by atoms with Crippen LogP contribution in [0.5, 0.6) is 0 Å². The molecule has 0 N–H and O–H groups in total. The molecule has 1 fully saturated rings. The maximum absolute atomic E-state index is 12.8. The molecule has 0 bridgehead atoms. The zero-order chi connectivity index (χ0) is 14.0. The van der Waals surface area contributed by atoms with E-state index >= 15 is 0 Å². The molecule has 1 saturated heterocycles. The Morgan fingerprint density at radius 1 is 1.32 bits per heavy atom. The predicted molar refractivity (Wildman–Crippen MR) is 74.7 cm³/mol. The molecule has 1 aromatic carbocycles. The molecule has 1 aromatic rings. The van der Waals surface area contributed by atoms with E-state index in [2.05, 4.69) is 25.7 Å². The van der Waals surface area contributed by atoms with Crippen molar-refractivity contribution in [3.05, 3.63) is 35.6 Å². The Hall–Kier alpha value is -1.22. The molecule has 2 nitrogen and oxygen atoms in total. The van der Waals surface area contributed by atoms with Crippen LogP contribution in [0.1, 0.15) is 37.6 Å². The summed E-state index contributed by atoms with van der Waals surface area (Å²) in [7, 11) is 0. The Kier molecular flexibility index (Phi) is 4.04. The first kappa shape index (κ1) is 14.2. The first-order valence-corrected chi connectivity index (χ1v) is 6.87. The van der Waals surface area contributed by atoms with Crippen LogP contribution >= 0.6 is 0 Å². The second kappa shape index (κ2) is 5.41. The minimum atomic E-state index is -0.300. The van der Waals surface area contributed by atoms with Crippen molar-refractivity contribution in [1.29, 1.82) is 0 Å². The molecule has 0 saturated carbocycles. The Labute approximate surface area is 114 Å². The molecule has 0 aliphatic carbocycles. The number of benzene rings is 1. The molecule has 2 rings (SSSR count). The van der Waals surface area contributed by atoms with Crippen LogP contribution in [0.3, 0.4) is 0 Å². The van der Waals surface area contributed by atoms with Gasteiger partial charge in [0.05, 0.1) is 6.54 Å². The molecule has 1 atom stereocenters. The van der Waals surface area contributed by atoms with Gasteiger partial charge in [0.2, 0.25) is 0 Å². The average molecular weight is 263 g/mol. The van der Waals surface area contributed by atoms with Gasteiger partial charge in [0.15, 0.2) is 5.78 Å². The van der Waals surface area contributed by atoms with Crippen LogP contribution in [0.4, 0.5) is 4.39 Å². The summed E-state index contributed by atoms with van der Waals surface area (Å²) in [4.78, 5) is 14.3. The lowest BCUT2D eigenvalue weighted by Gasteiger charge is -2.27. The van der Waals surface area contributed by atoms with Crippen molar-refractivity contribution in [2.45, 2.75) is 27.2 Å². The fraction of sp³-hybridized carbons (Fsp3) is 0.562. The van der Waals surface area contributed by atoms with Crippen molar-refractivity contribution in [2.75, 3.05) is 19.6 Å². The number of halogens is 1. The summed E-state index contributed by atoms with van der Waals surface area (Å²) in [6, 6.07) is 5.81. The van der Waals surface area contributed by atoms with E-state index in [0.29, 0.717) is 23.4 Å². The zero-order valence-corrected chi connectivity index (χ0v) is 11.9. The number of hydrogen-bond donors (Lipinski definition) is 0. The molecule has 0 amide bonds. The number of carbonyl (C=O) groups is 1. The Morgan fingerprint density at radius 3 is 2.47 bits per heavy atom. The predicted octanol–water partition coefficient (Wildman–Crippen LogP) is 3.38. The first-order valence-electron chi connectivity index (χ1n) is 6.87. The Morgan fingerprint density at radius 2 is 1.95 bits per heavy atom. The molecule has 1 heterocycles. The normalized spacial score (nSPS) is 20.7. The molecule has 19 heavy (non-hydrogen) atoms. The molecular formula is C16H22FNO. The Balaban J connectivity index is 1.92. The fourth-order valence-corrected chi connectivity index (χ4v) is 2.61. The van der Waals surface area contributed by atoms with Crippen molar-refractivity contribution >= 4 is 5.78 Å². The van der Waals surface area contributed by atoms with Gasteiger partial charge in [-0.15, -0.1) is 0 Å². The highest BCUT2D eigenvalue weighted by Crippen LogP contribution is 2.33. The van der Waals surface area contributed by atoms with Crippen LogP contribution in [0.2, 0.25) is 0 Å². The van der Waals surface area contributed by atoms with Crippen molar-refractivity contribution in [2.24, 2.45) is 11.3 Å². The van der Waals surface area contributed by atoms with Crippen molar-refractivity contribution in [3.8, 4) is 0 Å². The number of likely N-dealkylation sites (tertiary alicyclic amines) is 1. The third-order valence-corrected chi connectivity index (χ3v) is 4.03. The molecule has 1 aliphatic heterocycles. The van der Waals surface area contributed by atoms with Crippen LogP contribution in [0.25, 0.3) is 0 Å². The number of Topliss-reactive ketones (excluding diaryl/α,β-unsaturated/α-hetero) is 1. The van der Waals surface area contributed by atoms with E-state index < -0.39 is 0 Å². The van der Waals surface area contributed by atoms with Gasteiger partial charge in [-0.05, 0) is 48.6 Å². The van der Waals surface area contributed by atoms with Crippen molar-refractivity contribution in [3.63, 3.8) is 0 Å². The standard InChI is InChI=1S/C16H22FNO/c1-16(2,3)13-8-9-18(10-13)11-15(19)12-4-6-14(17)7-5-12/h4-7,13H,8-11H2,1-3H3. The second-order valence-corrected chi connectivity index (χ2v) is 6.52. The summed E-state index contributed by atoms with van der Waals surface area (Å²) in [5.74, 6) is 0.425. The minimum Gasteiger partial charge on any atom is -0.295 e. The van der Waals surface area contributed by atoms with Crippen LogP contribution in [0, 0.1) is 17.2 Å². The lowest BCUT2D eigenvalue weighted by atomic mass is 9.80. The number of hydrogen-bond acceptors (Lipinski definition) is 2. The molecule has 3 heteroatoms. The summed E-state index contributed by atoms with van der Waals surface area (Å²) in [6.45, 7) is 9.17. The summed E-state index contributed by atoms with van der Waals surface area (Å²) < 4.78 is 12.8. The average Bonchev–Trinajstić information content (AvgIpc) is 2.78. The van der Waals surface area contributed by atoms with Gasteiger partial charge < -0.3 is 0 Å². The minimum absolute atomic E-state index is 0.0783. The molecule has 104 valence electrons. The van der Waals surface area contributed by atoms with E-state index in [4.69, 9.17) is 0 Å². The van der Waals surface area contributed by atoms with Crippen LogP contribution in [-0.4, -0.2) is 30.3 Å². The van der Waals surface area contributed by atoms with Gasteiger partial charge in [-0.2, -0.15) is 0 Å². The maximum atomic E-state index is 12.8. The molecular weight excluding hydrogens is 241 g/mol. The van der Waals surface area contributed by atoms with E-state index in [0.717, 1.165) is 19.5 Å². The van der Waals surface area contributed by atoms with Gasteiger partial charge in [0.25, 0.3) is 0 Å². The van der Waals surface area contributed by atoms with E-state index in [1.54, 1.807) is 12.1 Å². The van der Waals surface area contributed by atoms with Crippen LogP contribution in [0.15, 0.2) is 24.3 Å². The lowest BCUT2D eigenvalue weighted by molar-refractivity contribution is 0.0938. The van der Waals surface area contributed by atoms with E-state index in [9.17, 15) is 9.18 Å². The zero-order valence-electron chi connectivity index (χ0n) is 11.9. The number of nitrogens with zero attached hydrogens (tertiary/aromatic N) is 1. The summed E-state index contributed by atoms with van der Waals surface area (Å²) in [6.07, 6.45) is 1.15. The van der Waals surface area contributed by atoms with E-state index in [1.165, 1.54) is 12.1 Å². The van der Waals surface area contributed by atoms with Gasteiger partial charge in [-0.3, -0.25) is 9.69 Å². The second-order valence-electron chi connectivity index (χ2n) is 6.52. The monoisotopic (exact) mass is 263 g/mol. The van der Waals surface area contributed by atoms with Gasteiger partial charge in [-0.1, -0.05) is 20.8 Å². The highest BCUT2D eigenvalue weighted by Gasteiger charge is 2.32. The smallest absolute Gasteiger partial charge is 0.176 e. The van der Waals surface area contributed by atoms with Crippen molar-refractivity contribution < 1.29 is 9.18 Å². The Bertz CT molecular complexity index is 447. The maximum Gasteiger partial charge on any atom is 0.176 e. The van der Waals surface area contributed by atoms with Crippen LogP contribution < -0.4 is 0 Å². The SMILES string of the molecule is CC(C)(C)C1CCN(CC(=O)c2ccc(F)cc2)C1. The highest BCUT2D eigenvalue weighted by molar-refractivity contribution is 5.97. The van der Waals surface area contributed by atoms with E-state index in [-0.39, 0.29) is 11.6 Å². The number of carbonyl (C=O) groups excluding carboxylic acids is 1. The molecule has 0 spiro atoms. The largest absolute Gasteiger partial charge is 0.295 e. The summed E-state index contributed by atoms with van der Waals surface area (Å²) >= 11 is 0. The molecule has 1 unspecified atom stereocenters. The third kappa shape index (κ3) is 3.63. The van der Waals surface area contributed by atoms with Gasteiger partial charge >= 0.3 is 0 Å². The molecule has 1 aliphatic rings. The van der Waals surface area contributed by atoms with Crippen molar-refractivity contribution in [1.82, 2.24) is 4.90 Å². The molecule has 0 aromatic heterocycles. The number of rotatable bonds is 3. The summed E-state index contributed by atoms with van der Waals surface area (Å²) in [5, 5.41) is 0. The van der Waals surface area contributed by atoms with Gasteiger partial charge in [0.1, 0.15) is 5.82 Å². The first-order chi connectivity index (χ1) is 8.86. The fourth-order valence-electron chi connectivity index (χ4n) is 2.61. The van der Waals surface area contributed by atoms with Crippen LogP contribution in [-0.2, 0) is 0 Å². The third-order valence-electron chi connectivity index (χ3n) is 4.03. The van der Waals surface area contributed by atoms with E-state index in [1.807, 2.05) is 0 Å². The highest BCUT2D eigenvalue weighted by atomic mass is 19.1. The number of ketones is 1. The quantitative estimate of drug-likeness (QED) is 0.779.